The lowest BCUT2D eigenvalue weighted by atomic mass is 10.0. The lowest BCUT2D eigenvalue weighted by Gasteiger charge is -2.13. The molecule has 0 heterocycles. The Kier molecular flexibility index (Phi) is 3.84. The molecule has 1 atom stereocenters. The van der Waals surface area contributed by atoms with Gasteiger partial charge in [0.15, 0.2) is 5.78 Å². The van der Waals surface area contributed by atoms with E-state index in [-0.39, 0.29) is 11.9 Å². The number of ketones is 1. The minimum atomic E-state index is 0.0991. The van der Waals surface area contributed by atoms with Gasteiger partial charge in [-0.2, -0.15) is 0 Å². The SMILES string of the molecule is CC[C@H](OC)c1ccc(C(C)=O)cc1. The number of hydrogen-bond donors (Lipinski definition) is 0. The van der Waals surface area contributed by atoms with Crippen LogP contribution in [0.3, 0.4) is 0 Å². The molecular formula is C12H16O2. The van der Waals surface area contributed by atoms with Gasteiger partial charge in [0.1, 0.15) is 0 Å². The number of rotatable bonds is 4. The minimum absolute atomic E-state index is 0.0991. The van der Waals surface area contributed by atoms with Crippen molar-refractivity contribution in [1.29, 1.82) is 0 Å². The zero-order chi connectivity index (χ0) is 10.6. The second-order valence-electron chi connectivity index (χ2n) is 3.31. The molecule has 0 aliphatic rings. The molecule has 0 unspecified atom stereocenters. The van der Waals surface area contributed by atoms with E-state index >= 15 is 0 Å². The Morgan fingerprint density at radius 3 is 2.29 bits per heavy atom. The first-order valence-electron chi connectivity index (χ1n) is 4.82. The summed E-state index contributed by atoms with van der Waals surface area (Å²) in [6.07, 6.45) is 1.08. The maximum Gasteiger partial charge on any atom is 0.159 e. The molecule has 0 amide bonds. The predicted molar refractivity (Wildman–Crippen MR) is 56.5 cm³/mol. The van der Waals surface area contributed by atoms with Crippen LogP contribution in [0.25, 0.3) is 0 Å². The van der Waals surface area contributed by atoms with Crippen molar-refractivity contribution < 1.29 is 9.53 Å². The molecule has 1 aromatic carbocycles. The van der Waals surface area contributed by atoms with Crippen molar-refractivity contribution >= 4 is 5.78 Å². The highest BCUT2D eigenvalue weighted by Gasteiger charge is 2.07. The summed E-state index contributed by atoms with van der Waals surface area (Å²) < 4.78 is 5.30. The first-order chi connectivity index (χ1) is 6.69. The molecule has 0 spiro atoms. The van der Waals surface area contributed by atoms with E-state index in [0.717, 1.165) is 17.5 Å². The van der Waals surface area contributed by atoms with E-state index in [1.54, 1.807) is 14.0 Å². The van der Waals surface area contributed by atoms with Crippen LogP contribution in [0.2, 0.25) is 0 Å². The molecule has 2 nitrogen and oxygen atoms in total. The molecule has 0 aliphatic carbocycles. The van der Waals surface area contributed by atoms with Crippen LogP contribution >= 0.6 is 0 Å². The number of hydrogen-bond acceptors (Lipinski definition) is 2. The third-order valence-electron chi connectivity index (χ3n) is 2.34. The highest BCUT2D eigenvalue weighted by atomic mass is 16.5. The number of ether oxygens (including phenoxy) is 1. The predicted octanol–water partition coefficient (Wildman–Crippen LogP) is 2.99. The number of carbonyl (C=O) groups excluding carboxylic acids is 1. The maximum atomic E-state index is 11.0. The third kappa shape index (κ3) is 2.42. The Morgan fingerprint density at radius 1 is 1.36 bits per heavy atom. The fourth-order valence-corrected chi connectivity index (χ4v) is 1.47. The zero-order valence-corrected chi connectivity index (χ0v) is 8.91. The summed E-state index contributed by atoms with van der Waals surface area (Å²) in [5.74, 6) is 0.0991. The second kappa shape index (κ2) is 4.91. The molecule has 0 aromatic heterocycles. The molecule has 0 saturated carbocycles. The molecule has 0 aliphatic heterocycles. The summed E-state index contributed by atoms with van der Waals surface area (Å²) in [7, 11) is 1.70. The van der Waals surface area contributed by atoms with Gasteiger partial charge in [0.2, 0.25) is 0 Å². The molecule has 0 saturated heterocycles. The van der Waals surface area contributed by atoms with Crippen molar-refractivity contribution in [3.63, 3.8) is 0 Å². The van der Waals surface area contributed by atoms with Crippen LogP contribution in [0.5, 0.6) is 0 Å². The minimum Gasteiger partial charge on any atom is -0.377 e. The van der Waals surface area contributed by atoms with Gasteiger partial charge in [0.05, 0.1) is 6.10 Å². The van der Waals surface area contributed by atoms with Crippen LogP contribution < -0.4 is 0 Å². The summed E-state index contributed by atoms with van der Waals surface area (Å²) in [6.45, 7) is 3.65. The normalized spacial score (nSPS) is 12.5. The zero-order valence-electron chi connectivity index (χ0n) is 8.91. The molecule has 0 fully saturated rings. The smallest absolute Gasteiger partial charge is 0.159 e. The Morgan fingerprint density at radius 2 is 1.93 bits per heavy atom. The Bertz CT molecular complexity index is 297. The monoisotopic (exact) mass is 192 g/mol. The van der Waals surface area contributed by atoms with Gasteiger partial charge in [-0.25, -0.2) is 0 Å². The van der Waals surface area contributed by atoms with Crippen LogP contribution in [-0.4, -0.2) is 12.9 Å². The molecule has 14 heavy (non-hydrogen) atoms. The van der Waals surface area contributed by atoms with Gasteiger partial charge >= 0.3 is 0 Å². The second-order valence-corrected chi connectivity index (χ2v) is 3.31. The van der Waals surface area contributed by atoms with Gasteiger partial charge in [-0.1, -0.05) is 31.2 Å². The summed E-state index contributed by atoms with van der Waals surface area (Å²) in [4.78, 5) is 11.0. The van der Waals surface area contributed by atoms with E-state index in [9.17, 15) is 4.79 Å². The summed E-state index contributed by atoms with van der Waals surface area (Å²) >= 11 is 0. The van der Waals surface area contributed by atoms with Crippen molar-refractivity contribution in [3.8, 4) is 0 Å². The van der Waals surface area contributed by atoms with Crippen LogP contribution in [0.1, 0.15) is 42.3 Å². The van der Waals surface area contributed by atoms with Gasteiger partial charge in [-0.3, -0.25) is 4.79 Å². The van der Waals surface area contributed by atoms with E-state index < -0.39 is 0 Å². The largest absolute Gasteiger partial charge is 0.377 e. The maximum absolute atomic E-state index is 11.0. The lowest BCUT2D eigenvalue weighted by molar-refractivity contribution is 0.0993. The topological polar surface area (TPSA) is 26.3 Å². The van der Waals surface area contributed by atoms with Crippen molar-refractivity contribution in [3.05, 3.63) is 35.4 Å². The van der Waals surface area contributed by atoms with Crippen molar-refractivity contribution in [1.82, 2.24) is 0 Å². The van der Waals surface area contributed by atoms with Gasteiger partial charge in [-0.05, 0) is 18.9 Å². The van der Waals surface area contributed by atoms with E-state index in [2.05, 4.69) is 6.92 Å². The fourth-order valence-electron chi connectivity index (χ4n) is 1.47. The number of carbonyl (C=O) groups is 1. The van der Waals surface area contributed by atoms with Crippen LogP contribution in [0, 0.1) is 0 Å². The molecule has 76 valence electrons. The first-order valence-corrected chi connectivity index (χ1v) is 4.82. The molecule has 1 rings (SSSR count). The molecular weight excluding hydrogens is 176 g/mol. The number of Topliss-reactive ketones (excluding diaryl/α,β-unsaturated/α-hetero) is 1. The fraction of sp³-hybridized carbons (Fsp3) is 0.417. The summed E-state index contributed by atoms with van der Waals surface area (Å²) in [5.41, 5.74) is 1.87. The highest BCUT2D eigenvalue weighted by molar-refractivity contribution is 5.94. The Labute approximate surface area is 84.9 Å². The number of benzene rings is 1. The summed E-state index contributed by atoms with van der Waals surface area (Å²) in [6, 6.07) is 7.60. The Balaban J connectivity index is 2.87. The van der Waals surface area contributed by atoms with E-state index in [1.165, 1.54) is 0 Å². The van der Waals surface area contributed by atoms with Crippen molar-refractivity contribution in [2.45, 2.75) is 26.4 Å². The standard InChI is InChI=1S/C12H16O2/c1-4-12(14-3)11-7-5-10(6-8-11)9(2)13/h5-8,12H,4H2,1-3H3/t12-/m0/s1. The van der Waals surface area contributed by atoms with E-state index in [4.69, 9.17) is 4.74 Å². The average Bonchev–Trinajstić information content (AvgIpc) is 2.20. The van der Waals surface area contributed by atoms with Crippen LogP contribution in [0.15, 0.2) is 24.3 Å². The molecule has 0 bridgehead atoms. The quantitative estimate of drug-likeness (QED) is 0.685. The molecule has 0 radical (unpaired) electrons. The Hall–Kier alpha value is -1.15. The van der Waals surface area contributed by atoms with E-state index in [1.807, 2.05) is 24.3 Å². The summed E-state index contributed by atoms with van der Waals surface area (Å²) in [5, 5.41) is 0. The lowest BCUT2D eigenvalue weighted by Crippen LogP contribution is -2.00. The van der Waals surface area contributed by atoms with Crippen molar-refractivity contribution in [2.24, 2.45) is 0 Å². The van der Waals surface area contributed by atoms with Crippen LogP contribution in [-0.2, 0) is 4.74 Å². The number of methoxy groups -OCH3 is 1. The van der Waals surface area contributed by atoms with Crippen molar-refractivity contribution in [2.75, 3.05) is 7.11 Å². The van der Waals surface area contributed by atoms with E-state index in [0.29, 0.717) is 0 Å². The molecule has 2 heteroatoms. The van der Waals surface area contributed by atoms with Crippen LogP contribution in [0.4, 0.5) is 0 Å². The molecule has 1 aromatic rings. The molecule has 0 N–H and O–H groups in total. The van der Waals surface area contributed by atoms with Gasteiger partial charge in [0.25, 0.3) is 0 Å². The van der Waals surface area contributed by atoms with Gasteiger partial charge in [-0.15, -0.1) is 0 Å². The van der Waals surface area contributed by atoms with Gasteiger partial charge < -0.3 is 4.74 Å². The third-order valence-corrected chi connectivity index (χ3v) is 2.34. The van der Waals surface area contributed by atoms with Gasteiger partial charge in [0, 0.05) is 12.7 Å². The average molecular weight is 192 g/mol. The highest BCUT2D eigenvalue weighted by Crippen LogP contribution is 2.20. The first kappa shape index (κ1) is 10.9.